The number of aliphatic carboxylic acids is 1. The van der Waals surface area contributed by atoms with Crippen molar-refractivity contribution in [3.63, 3.8) is 0 Å². The summed E-state index contributed by atoms with van der Waals surface area (Å²) in [7, 11) is 3.22. The number of hydrogen-bond acceptors (Lipinski definition) is 4. The molecule has 1 amide bonds. The number of benzene rings is 1. The van der Waals surface area contributed by atoms with Gasteiger partial charge in [-0.1, -0.05) is 6.07 Å². The van der Waals surface area contributed by atoms with E-state index >= 15 is 0 Å². The van der Waals surface area contributed by atoms with Gasteiger partial charge in [0.2, 0.25) is 5.91 Å². The molecule has 2 rings (SSSR count). The van der Waals surface area contributed by atoms with E-state index in [9.17, 15) is 9.59 Å². The quantitative estimate of drug-likeness (QED) is 0.790. The van der Waals surface area contributed by atoms with Gasteiger partial charge >= 0.3 is 5.97 Å². The van der Waals surface area contributed by atoms with E-state index in [1.807, 2.05) is 18.2 Å². The first-order valence-electron chi connectivity index (χ1n) is 8.27. The third kappa shape index (κ3) is 4.63. The first-order chi connectivity index (χ1) is 11.5. The van der Waals surface area contributed by atoms with Gasteiger partial charge in [-0.3, -0.25) is 9.59 Å². The molecule has 0 saturated carbocycles. The minimum Gasteiger partial charge on any atom is -0.497 e. The van der Waals surface area contributed by atoms with E-state index in [0.717, 1.165) is 36.3 Å². The lowest BCUT2D eigenvalue weighted by Gasteiger charge is -2.23. The highest BCUT2D eigenvalue weighted by molar-refractivity contribution is 5.78. The average Bonchev–Trinajstić information content (AvgIpc) is 3.02. The van der Waals surface area contributed by atoms with E-state index in [4.69, 9.17) is 14.6 Å². The van der Waals surface area contributed by atoms with Crippen molar-refractivity contribution in [1.82, 2.24) is 4.90 Å². The molecule has 1 aliphatic heterocycles. The fourth-order valence-electron chi connectivity index (χ4n) is 3.21. The van der Waals surface area contributed by atoms with Gasteiger partial charge in [0.05, 0.1) is 20.6 Å². The molecule has 1 unspecified atom stereocenters. The van der Waals surface area contributed by atoms with Crippen molar-refractivity contribution in [2.45, 2.75) is 44.6 Å². The zero-order valence-corrected chi connectivity index (χ0v) is 14.3. The maximum Gasteiger partial charge on any atom is 0.305 e. The van der Waals surface area contributed by atoms with Gasteiger partial charge in [0.15, 0.2) is 0 Å². The topological polar surface area (TPSA) is 76.1 Å². The van der Waals surface area contributed by atoms with E-state index < -0.39 is 5.97 Å². The standard InChI is InChI=1S/C18H25NO5/c1-23-15-9-8-13(16(12-15)24-2)5-3-7-17(20)19-10-4-6-14(19)11-18(21)22/h8-9,12,14H,3-7,10-11H2,1-2H3,(H,21,22). The van der Waals surface area contributed by atoms with Crippen LogP contribution in [0.1, 0.15) is 37.7 Å². The summed E-state index contributed by atoms with van der Waals surface area (Å²) in [5, 5.41) is 8.94. The van der Waals surface area contributed by atoms with Crippen molar-refractivity contribution >= 4 is 11.9 Å². The van der Waals surface area contributed by atoms with Gasteiger partial charge in [0.1, 0.15) is 11.5 Å². The van der Waals surface area contributed by atoms with E-state index in [1.165, 1.54) is 0 Å². The first-order valence-corrected chi connectivity index (χ1v) is 8.27. The number of carbonyl (C=O) groups is 2. The molecule has 0 radical (unpaired) electrons. The van der Waals surface area contributed by atoms with Crippen molar-refractivity contribution in [2.75, 3.05) is 20.8 Å². The molecule has 1 heterocycles. The summed E-state index contributed by atoms with van der Waals surface area (Å²) in [5.74, 6) is 0.695. The van der Waals surface area contributed by atoms with Gasteiger partial charge in [-0.2, -0.15) is 0 Å². The number of carboxylic acid groups (broad SMARTS) is 1. The molecule has 6 nitrogen and oxygen atoms in total. The number of carbonyl (C=O) groups excluding carboxylic acids is 1. The molecular formula is C18H25NO5. The van der Waals surface area contributed by atoms with Crippen LogP contribution in [0, 0.1) is 0 Å². The number of methoxy groups -OCH3 is 2. The van der Waals surface area contributed by atoms with Gasteiger partial charge in [-0.15, -0.1) is 0 Å². The van der Waals surface area contributed by atoms with Gasteiger partial charge in [-0.05, 0) is 37.3 Å². The third-order valence-electron chi connectivity index (χ3n) is 4.44. The Morgan fingerprint density at radius 3 is 2.75 bits per heavy atom. The number of nitrogens with zero attached hydrogens (tertiary/aromatic N) is 1. The lowest BCUT2D eigenvalue weighted by atomic mass is 10.1. The summed E-state index contributed by atoms with van der Waals surface area (Å²) >= 11 is 0. The summed E-state index contributed by atoms with van der Waals surface area (Å²) in [6.45, 7) is 0.669. The largest absolute Gasteiger partial charge is 0.497 e. The van der Waals surface area contributed by atoms with Crippen molar-refractivity contribution in [3.8, 4) is 11.5 Å². The molecule has 1 aromatic rings. The Kier molecular flexibility index (Phi) is 6.46. The molecule has 132 valence electrons. The average molecular weight is 335 g/mol. The lowest BCUT2D eigenvalue weighted by Crippen LogP contribution is -2.36. The van der Waals surface area contributed by atoms with Gasteiger partial charge in [-0.25, -0.2) is 0 Å². The number of rotatable bonds is 8. The van der Waals surface area contributed by atoms with Crippen molar-refractivity contribution < 1.29 is 24.2 Å². The minimum atomic E-state index is -0.845. The Labute approximate surface area is 142 Å². The Morgan fingerprint density at radius 2 is 2.08 bits per heavy atom. The molecule has 0 aromatic heterocycles. The van der Waals surface area contributed by atoms with Crippen LogP contribution in [0.2, 0.25) is 0 Å². The molecule has 0 bridgehead atoms. The molecule has 1 N–H and O–H groups in total. The van der Waals surface area contributed by atoms with Crippen LogP contribution in [0.5, 0.6) is 11.5 Å². The van der Waals surface area contributed by atoms with Crippen LogP contribution in [0.3, 0.4) is 0 Å². The maximum atomic E-state index is 12.4. The lowest BCUT2D eigenvalue weighted by molar-refractivity contribution is -0.139. The SMILES string of the molecule is COc1ccc(CCCC(=O)N2CCCC2CC(=O)O)c(OC)c1. The fraction of sp³-hybridized carbons (Fsp3) is 0.556. The molecule has 1 fully saturated rings. The maximum absolute atomic E-state index is 12.4. The van der Waals surface area contributed by atoms with E-state index in [-0.39, 0.29) is 18.4 Å². The number of carboxylic acids is 1. The second-order valence-electron chi connectivity index (χ2n) is 6.01. The fourth-order valence-corrected chi connectivity index (χ4v) is 3.21. The van der Waals surface area contributed by atoms with Gasteiger partial charge in [0.25, 0.3) is 0 Å². The zero-order chi connectivity index (χ0) is 17.5. The van der Waals surface area contributed by atoms with Crippen molar-refractivity contribution in [1.29, 1.82) is 0 Å². The van der Waals surface area contributed by atoms with Crippen LogP contribution in [-0.4, -0.2) is 48.7 Å². The summed E-state index contributed by atoms with van der Waals surface area (Å²) in [6.07, 6.45) is 3.57. The summed E-state index contributed by atoms with van der Waals surface area (Å²) in [5.41, 5.74) is 1.04. The highest BCUT2D eigenvalue weighted by atomic mass is 16.5. The molecule has 1 saturated heterocycles. The predicted octanol–water partition coefficient (Wildman–Crippen LogP) is 2.49. The first kappa shape index (κ1) is 18.1. The molecule has 1 aromatic carbocycles. The van der Waals surface area contributed by atoms with Crippen LogP contribution in [0.15, 0.2) is 18.2 Å². The van der Waals surface area contributed by atoms with Crippen LogP contribution in [-0.2, 0) is 16.0 Å². The molecule has 0 spiro atoms. The Balaban J connectivity index is 1.87. The molecule has 6 heteroatoms. The minimum absolute atomic E-state index is 0.0397. The second kappa shape index (κ2) is 8.57. The number of ether oxygens (including phenoxy) is 2. The molecule has 0 aliphatic carbocycles. The van der Waals surface area contributed by atoms with Crippen LogP contribution in [0.4, 0.5) is 0 Å². The number of amides is 1. The van der Waals surface area contributed by atoms with Crippen LogP contribution < -0.4 is 9.47 Å². The van der Waals surface area contributed by atoms with Crippen LogP contribution in [0.25, 0.3) is 0 Å². The molecular weight excluding hydrogens is 310 g/mol. The third-order valence-corrected chi connectivity index (χ3v) is 4.44. The Morgan fingerprint density at radius 1 is 1.29 bits per heavy atom. The summed E-state index contributed by atoms with van der Waals surface area (Å²) in [6, 6.07) is 5.51. The molecule has 24 heavy (non-hydrogen) atoms. The predicted molar refractivity (Wildman–Crippen MR) is 89.5 cm³/mol. The van der Waals surface area contributed by atoms with Crippen molar-refractivity contribution in [2.24, 2.45) is 0 Å². The van der Waals surface area contributed by atoms with E-state index in [1.54, 1.807) is 19.1 Å². The monoisotopic (exact) mass is 335 g/mol. The normalized spacial score (nSPS) is 16.9. The second-order valence-corrected chi connectivity index (χ2v) is 6.01. The molecule has 1 aliphatic rings. The molecule has 1 atom stereocenters. The summed E-state index contributed by atoms with van der Waals surface area (Å²) < 4.78 is 10.5. The van der Waals surface area contributed by atoms with E-state index in [2.05, 4.69) is 0 Å². The van der Waals surface area contributed by atoms with Crippen molar-refractivity contribution in [3.05, 3.63) is 23.8 Å². The summed E-state index contributed by atoms with van der Waals surface area (Å²) in [4.78, 5) is 25.0. The number of likely N-dealkylation sites (tertiary alicyclic amines) is 1. The van der Waals surface area contributed by atoms with Gasteiger partial charge in [0, 0.05) is 25.1 Å². The highest BCUT2D eigenvalue weighted by Crippen LogP contribution is 2.26. The van der Waals surface area contributed by atoms with E-state index in [0.29, 0.717) is 19.4 Å². The smallest absolute Gasteiger partial charge is 0.305 e. The zero-order valence-electron chi connectivity index (χ0n) is 14.3. The number of hydrogen-bond donors (Lipinski definition) is 1. The highest BCUT2D eigenvalue weighted by Gasteiger charge is 2.29. The van der Waals surface area contributed by atoms with Gasteiger partial charge < -0.3 is 19.5 Å². The Hall–Kier alpha value is -2.24. The Bertz CT molecular complexity index is 587. The van der Waals surface area contributed by atoms with Crippen LogP contribution >= 0.6 is 0 Å². The number of aryl methyl sites for hydroxylation is 1.